The van der Waals surface area contributed by atoms with Crippen molar-refractivity contribution in [3.8, 4) is 0 Å². The fourth-order valence-electron chi connectivity index (χ4n) is 1.49. The lowest BCUT2D eigenvalue weighted by molar-refractivity contribution is -0.159. The summed E-state index contributed by atoms with van der Waals surface area (Å²) in [6.45, 7) is 3.09. The summed E-state index contributed by atoms with van der Waals surface area (Å²) in [5, 5.41) is 0. The molecular weight excluding hydrogens is 296 g/mol. The van der Waals surface area contributed by atoms with Gasteiger partial charge < -0.3 is 18.9 Å². The van der Waals surface area contributed by atoms with Gasteiger partial charge >= 0.3 is 23.9 Å². The molecule has 0 aliphatic heterocycles. The Balaban J connectivity index is 3.96. The molecule has 8 nitrogen and oxygen atoms in total. The van der Waals surface area contributed by atoms with Gasteiger partial charge in [-0.3, -0.25) is 19.2 Å². The fourth-order valence-corrected chi connectivity index (χ4v) is 1.49. The third-order valence-corrected chi connectivity index (χ3v) is 2.56. The van der Waals surface area contributed by atoms with Crippen LogP contribution in [0, 0.1) is 0 Å². The first kappa shape index (κ1) is 19.9. The SMILES string of the molecule is COC(=O)CC(C)OC(=O)CCC(=O)OC(C)CC(=O)OC. The van der Waals surface area contributed by atoms with Crippen LogP contribution in [-0.4, -0.2) is 50.3 Å². The van der Waals surface area contributed by atoms with Crippen LogP contribution in [-0.2, 0) is 38.1 Å². The lowest BCUT2D eigenvalue weighted by Gasteiger charge is -2.13. The zero-order valence-corrected chi connectivity index (χ0v) is 13.2. The number of carbonyl (C=O) groups is 4. The van der Waals surface area contributed by atoms with E-state index in [0.29, 0.717) is 0 Å². The zero-order chi connectivity index (χ0) is 17.1. The summed E-state index contributed by atoms with van der Waals surface area (Å²) in [4.78, 5) is 44.9. The van der Waals surface area contributed by atoms with Gasteiger partial charge in [-0.05, 0) is 13.8 Å². The Kier molecular flexibility index (Phi) is 9.56. The minimum Gasteiger partial charge on any atom is -0.469 e. The van der Waals surface area contributed by atoms with Crippen molar-refractivity contribution in [3.63, 3.8) is 0 Å². The van der Waals surface area contributed by atoms with Gasteiger partial charge in [0.2, 0.25) is 0 Å². The van der Waals surface area contributed by atoms with Crippen LogP contribution in [0.15, 0.2) is 0 Å². The van der Waals surface area contributed by atoms with Gasteiger partial charge in [-0.2, -0.15) is 0 Å². The number of ether oxygens (including phenoxy) is 4. The van der Waals surface area contributed by atoms with Crippen molar-refractivity contribution in [2.75, 3.05) is 14.2 Å². The Labute approximate surface area is 129 Å². The van der Waals surface area contributed by atoms with E-state index in [1.807, 2.05) is 0 Å². The van der Waals surface area contributed by atoms with E-state index in [1.54, 1.807) is 13.8 Å². The van der Waals surface area contributed by atoms with Gasteiger partial charge in [0.15, 0.2) is 0 Å². The van der Waals surface area contributed by atoms with Crippen LogP contribution in [0.4, 0.5) is 0 Å². The Hall–Kier alpha value is -2.12. The molecule has 8 heteroatoms. The third kappa shape index (κ3) is 9.73. The van der Waals surface area contributed by atoms with Gasteiger partial charge in [-0.15, -0.1) is 0 Å². The fraction of sp³-hybridized carbons (Fsp3) is 0.714. The lowest BCUT2D eigenvalue weighted by Crippen LogP contribution is -2.22. The molecule has 0 aromatic heterocycles. The number of esters is 4. The second-order valence-electron chi connectivity index (χ2n) is 4.66. The molecule has 0 aromatic carbocycles. The van der Waals surface area contributed by atoms with Crippen molar-refractivity contribution in [2.24, 2.45) is 0 Å². The highest BCUT2D eigenvalue weighted by atomic mass is 16.6. The first-order valence-electron chi connectivity index (χ1n) is 6.81. The molecule has 0 aromatic rings. The van der Waals surface area contributed by atoms with Gasteiger partial charge in [0.1, 0.15) is 12.2 Å². The zero-order valence-electron chi connectivity index (χ0n) is 13.2. The van der Waals surface area contributed by atoms with Crippen LogP contribution in [0.3, 0.4) is 0 Å². The van der Waals surface area contributed by atoms with Crippen LogP contribution in [0.5, 0.6) is 0 Å². The largest absolute Gasteiger partial charge is 0.469 e. The van der Waals surface area contributed by atoms with Gasteiger partial charge in [0, 0.05) is 0 Å². The summed E-state index contributed by atoms with van der Waals surface area (Å²) in [5.41, 5.74) is 0. The van der Waals surface area contributed by atoms with Crippen LogP contribution >= 0.6 is 0 Å². The average molecular weight is 318 g/mol. The molecule has 0 bridgehead atoms. The second-order valence-corrected chi connectivity index (χ2v) is 4.66. The highest BCUT2D eigenvalue weighted by Gasteiger charge is 2.18. The normalized spacial score (nSPS) is 12.7. The Bertz CT molecular complexity index is 366. The van der Waals surface area contributed by atoms with Gasteiger partial charge in [0.05, 0.1) is 39.9 Å². The van der Waals surface area contributed by atoms with Crippen LogP contribution in [0.2, 0.25) is 0 Å². The predicted molar refractivity (Wildman–Crippen MR) is 73.6 cm³/mol. The van der Waals surface area contributed by atoms with E-state index < -0.39 is 36.1 Å². The molecule has 2 unspecified atom stereocenters. The number of hydrogen-bond donors (Lipinski definition) is 0. The van der Waals surface area contributed by atoms with Gasteiger partial charge in [-0.1, -0.05) is 0 Å². The Morgan fingerprint density at radius 2 is 1.00 bits per heavy atom. The highest BCUT2D eigenvalue weighted by Crippen LogP contribution is 2.06. The molecule has 0 aliphatic rings. The molecule has 126 valence electrons. The summed E-state index contributed by atoms with van der Waals surface area (Å²) in [7, 11) is 2.48. The molecule has 0 spiro atoms. The first-order valence-corrected chi connectivity index (χ1v) is 6.81. The molecule has 0 fully saturated rings. The summed E-state index contributed by atoms with van der Waals surface area (Å²) >= 11 is 0. The van der Waals surface area contributed by atoms with E-state index in [0.717, 1.165) is 0 Å². The molecule has 0 aliphatic carbocycles. The minimum atomic E-state index is -0.630. The molecule has 0 saturated carbocycles. The molecule has 0 rings (SSSR count). The Morgan fingerprint density at radius 1 is 0.682 bits per heavy atom. The van der Waals surface area contributed by atoms with E-state index in [4.69, 9.17) is 9.47 Å². The summed E-state index contributed by atoms with van der Waals surface area (Å²) in [6, 6.07) is 0. The maximum atomic E-state index is 11.5. The molecule has 0 radical (unpaired) electrons. The maximum absolute atomic E-state index is 11.5. The first-order chi connectivity index (χ1) is 10.3. The smallest absolute Gasteiger partial charge is 0.309 e. The standard InChI is InChI=1S/C14H22O8/c1-9(7-13(17)19-3)21-11(15)5-6-12(16)22-10(2)8-14(18)20-4/h9-10H,5-8H2,1-4H3. The van der Waals surface area contributed by atoms with E-state index in [9.17, 15) is 19.2 Å². The molecule has 0 amide bonds. The van der Waals surface area contributed by atoms with Crippen LogP contribution in [0.1, 0.15) is 39.5 Å². The number of carbonyl (C=O) groups excluding carboxylic acids is 4. The van der Waals surface area contributed by atoms with Crippen molar-refractivity contribution >= 4 is 23.9 Å². The molecular formula is C14H22O8. The van der Waals surface area contributed by atoms with Crippen molar-refractivity contribution in [1.29, 1.82) is 0 Å². The monoisotopic (exact) mass is 318 g/mol. The third-order valence-electron chi connectivity index (χ3n) is 2.56. The summed E-state index contributed by atoms with van der Waals surface area (Å²) in [5.74, 6) is -2.21. The number of rotatable bonds is 9. The van der Waals surface area contributed by atoms with E-state index in [-0.39, 0.29) is 25.7 Å². The van der Waals surface area contributed by atoms with Crippen LogP contribution < -0.4 is 0 Å². The number of methoxy groups -OCH3 is 2. The van der Waals surface area contributed by atoms with E-state index in [2.05, 4.69) is 9.47 Å². The van der Waals surface area contributed by atoms with Crippen molar-refractivity contribution < 1.29 is 38.1 Å². The minimum absolute atomic E-state index is 0.0527. The van der Waals surface area contributed by atoms with Crippen molar-refractivity contribution in [3.05, 3.63) is 0 Å². The van der Waals surface area contributed by atoms with E-state index >= 15 is 0 Å². The maximum Gasteiger partial charge on any atom is 0.309 e. The van der Waals surface area contributed by atoms with E-state index in [1.165, 1.54) is 14.2 Å². The van der Waals surface area contributed by atoms with Crippen LogP contribution in [0.25, 0.3) is 0 Å². The number of hydrogen-bond acceptors (Lipinski definition) is 8. The van der Waals surface area contributed by atoms with Gasteiger partial charge in [-0.25, -0.2) is 0 Å². The van der Waals surface area contributed by atoms with Gasteiger partial charge in [0.25, 0.3) is 0 Å². The summed E-state index contributed by atoms with van der Waals surface area (Å²) < 4.78 is 18.8. The average Bonchev–Trinajstić information content (AvgIpc) is 2.44. The second kappa shape index (κ2) is 10.6. The lowest BCUT2D eigenvalue weighted by atomic mass is 10.2. The van der Waals surface area contributed by atoms with Crippen molar-refractivity contribution in [1.82, 2.24) is 0 Å². The quantitative estimate of drug-likeness (QED) is 0.453. The molecule has 2 atom stereocenters. The highest BCUT2D eigenvalue weighted by molar-refractivity contribution is 5.78. The van der Waals surface area contributed by atoms with Crippen molar-refractivity contribution in [2.45, 2.75) is 51.7 Å². The topological polar surface area (TPSA) is 105 Å². The summed E-state index contributed by atoms with van der Waals surface area (Å²) in [6.07, 6.45) is -1.71. The molecule has 0 heterocycles. The molecule has 22 heavy (non-hydrogen) atoms. The molecule has 0 saturated heterocycles. The molecule has 0 N–H and O–H groups in total. The Morgan fingerprint density at radius 3 is 1.27 bits per heavy atom. The predicted octanol–water partition coefficient (Wildman–Crippen LogP) is 0.756.